The highest BCUT2D eigenvalue weighted by Gasteiger charge is 2.17. The zero-order valence-corrected chi connectivity index (χ0v) is 9.64. The minimum Gasteiger partial charge on any atom is -0.486 e. The van der Waals surface area contributed by atoms with Gasteiger partial charge >= 0.3 is 0 Å². The maximum atomic E-state index is 10.4. The molecule has 1 aliphatic rings. The molecule has 1 atom stereocenters. The fraction of sp³-hybridized carbons (Fsp3) is 0.417. The van der Waals surface area contributed by atoms with Crippen molar-refractivity contribution in [2.45, 2.75) is 6.10 Å². The van der Waals surface area contributed by atoms with Crippen molar-refractivity contribution in [3.05, 3.63) is 23.8 Å². The van der Waals surface area contributed by atoms with E-state index < -0.39 is 0 Å². The Morgan fingerprint density at radius 2 is 2.18 bits per heavy atom. The van der Waals surface area contributed by atoms with Crippen LogP contribution in [0.25, 0.3) is 0 Å². The Hall–Kier alpha value is -1.75. The van der Waals surface area contributed by atoms with Crippen LogP contribution in [0.4, 0.5) is 0 Å². The van der Waals surface area contributed by atoms with Gasteiger partial charge in [0.25, 0.3) is 6.47 Å². The van der Waals surface area contributed by atoms with Crippen LogP contribution in [0, 0.1) is 0 Å². The molecule has 0 saturated carbocycles. The second kappa shape index (κ2) is 5.54. The first-order valence-corrected chi connectivity index (χ1v) is 5.48. The highest BCUT2D eigenvalue weighted by molar-refractivity contribution is 5.45. The van der Waals surface area contributed by atoms with Crippen LogP contribution in [-0.4, -0.2) is 33.3 Å². The van der Waals surface area contributed by atoms with Crippen LogP contribution < -0.4 is 14.8 Å². The molecule has 5 heteroatoms. The molecule has 1 heterocycles. The van der Waals surface area contributed by atoms with Gasteiger partial charge in [0.2, 0.25) is 0 Å². The van der Waals surface area contributed by atoms with Gasteiger partial charge in [-0.2, -0.15) is 0 Å². The summed E-state index contributed by atoms with van der Waals surface area (Å²) < 4.78 is 15.9. The van der Waals surface area contributed by atoms with Crippen molar-refractivity contribution >= 4 is 6.47 Å². The second-order valence-electron chi connectivity index (χ2n) is 3.68. The molecule has 92 valence electrons. The van der Waals surface area contributed by atoms with E-state index in [1.807, 2.05) is 18.2 Å². The molecule has 5 nitrogen and oxygen atoms in total. The van der Waals surface area contributed by atoms with Crippen molar-refractivity contribution in [1.82, 2.24) is 5.32 Å². The van der Waals surface area contributed by atoms with Gasteiger partial charge in [-0.1, -0.05) is 6.07 Å². The number of rotatable bonds is 5. The number of carbonyl (C=O) groups is 1. The van der Waals surface area contributed by atoms with Crippen LogP contribution in [0.5, 0.6) is 11.5 Å². The molecule has 17 heavy (non-hydrogen) atoms. The normalized spacial score (nSPS) is 15.1. The van der Waals surface area contributed by atoms with E-state index in [2.05, 4.69) is 5.32 Å². The van der Waals surface area contributed by atoms with E-state index in [-0.39, 0.29) is 6.10 Å². The van der Waals surface area contributed by atoms with Gasteiger partial charge in [0.1, 0.15) is 19.3 Å². The predicted molar refractivity (Wildman–Crippen MR) is 61.2 cm³/mol. The molecule has 0 aliphatic carbocycles. The smallest absolute Gasteiger partial charge is 0.293 e. The number of ether oxygens (including phenoxy) is 3. The fourth-order valence-electron chi connectivity index (χ4n) is 1.76. The summed E-state index contributed by atoms with van der Waals surface area (Å²) in [6.45, 7) is 2.12. The van der Waals surface area contributed by atoms with Gasteiger partial charge in [0.05, 0.1) is 0 Å². The minimum absolute atomic E-state index is 0.312. The fourth-order valence-corrected chi connectivity index (χ4v) is 1.76. The molecule has 1 N–H and O–H groups in total. The van der Waals surface area contributed by atoms with Crippen LogP contribution in [0.15, 0.2) is 18.2 Å². The summed E-state index contributed by atoms with van der Waals surface area (Å²) in [6, 6.07) is 5.56. The lowest BCUT2D eigenvalue weighted by Gasteiger charge is -2.21. The lowest BCUT2D eigenvalue weighted by Crippen LogP contribution is -2.20. The maximum absolute atomic E-state index is 10.4. The van der Waals surface area contributed by atoms with Crippen molar-refractivity contribution in [2.75, 3.05) is 26.8 Å². The van der Waals surface area contributed by atoms with Crippen molar-refractivity contribution in [1.29, 1.82) is 0 Å². The lowest BCUT2D eigenvalue weighted by atomic mass is 10.1. The van der Waals surface area contributed by atoms with Crippen LogP contribution in [0.3, 0.4) is 0 Å². The van der Waals surface area contributed by atoms with Crippen molar-refractivity contribution < 1.29 is 19.0 Å². The first kappa shape index (κ1) is 11.7. The quantitative estimate of drug-likeness (QED) is 0.771. The molecule has 0 bridgehead atoms. The van der Waals surface area contributed by atoms with Gasteiger partial charge in [-0.05, 0) is 24.7 Å². The van der Waals surface area contributed by atoms with Gasteiger partial charge in [-0.15, -0.1) is 0 Å². The third-order valence-corrected chi connectivity index (χ3v) is 2.55. The minimum atomic E-state index is -0.312. The van der Waals surface area contributed by atoms with Gasteiger partial charge < -0.3 is 19.5 Å². The molecule has 0 amide bonds. The zero-order valence-electron chi connectivity index (χ0n) is 9.64. The van der Waals surface area contributed by atoms with Gasteiger partial charge in [0.15, 0.2) is 11.5 Å². The second-order valence-corrected chi connectivity index (χ2v) is 3.68. The molecule has 0 saturated heterocycles. The van der Waals surface area contributed by atoms with Crippen LogP contribution in [0.2, 0.25) is 0 Å². The van der Waals surface area contributed by atoms with E-state index in [1.54, 1.807) is 7.05 Å². The van der Waals surface area contributed by atoms with Crippen molar-refractivity contribution in [2.24, 2.45) is 0 Å². The maximum Gasteiger partial charge on any atom is 0.293 e. The van der Waals surface area contributed by atoms with Gasteiger partial charge in [-0.25, -0.2) is 0 Å². The van der Waals surface area contributed by atoms with E-state index in [0.717, 1.165) is 11.3 Å². The zero-order chi connectivity index (χ0) is 12.1. The summed E-state index contributed by atoms with van der Waals surface area (Å²) in [5.41, 5.74) is 0.885. The lowest BCUT2D eigenvalue weighted by molar-refractivity contribution is -0.133. The Bertz CT molecular complexity index is 394. The van der Waals surface area contributed by atoms with Gasteiger partial charge in [0, 0.05) is 6.54 Å². The number of likely N-dealkylation sites (N-methyl/N-ethyl adjacent to an activating group) is 1. The molecule has 0 spiro atoms. The number of carbonyl (C=O) groups excluding carboxylic acids is 1. The monoisotopic (exact) mass is 237 g/mol. The standard InChI is InChI=1S/C12H15NO4/c1-13-7-12(17-8-14)9-2-3-10-11(6-9)16-5-4-15-10/h2-3,6,8,12-13H,4-5,7H2,1H3. The molecule has 2 rings (SSSR count). The first-order chi connectivity index (χ1) is 8.35. The molecule has 0 radical (unpaired) electrons. The van der Waals surface area contributed by atoms with Crippen molar-refractivity contribution in [3.63, 3.8) is 0 Å². The number of benzene rings is 1. The molecule has 1 aromatic carbocycles. The molecular formula is C12H15NO4. The van der Waals surface area contributed by atoms with Crippen molar-refractivity contribution in [3.8, 4) is 11.5 Å². The Morgan fingerprint density at radius 1 is 1.41 bits per heavy atom. The first-order valence-electron chi connectivity index (χ1n) is 5.48. The SMILES string of the molecule is CNCC(OC=O)c1ccc2c(c1)OCCO2. The Morgan fingerprint density at radius 3 is 2.88 bits per heavy atom. The van der Waals surface area contributed by atoms with E-state index in [9.17, 15) is 4.79 Å². The number of hydrogen-bond acceptors (Lipinski definition) is 5. The molecule has 0 fully saturated rings. The van der Waals surface area contributed by atoms with E-state index >= 15 is 0 Å². The van der Waals surface area contributed by atoms with Gasteiger partial charge in [-0.3, -0.25) is 4.79 Å². The average Bonchev–Trinajstić information content (AvgIpc) is 2.38. The Labute approximate surface area is 99.7 Å². The summed E-state index contributed by atoms with van der Waals surface area (Å²) in [5.74, 6) is 1.43. The summed E-state index contributed by atoms with van der Waals surface area (Å²) in [4.78, 5) is 10.4. The predicted octanol–water partition coefficient (Wildman–Crippen LogP) is 0.891. The van der Waals surface area contributed by atoms with Crippen LogP contribution in [0.1, 0.15) is 11.7 Å². The summed E-state index contributed by atoms with van der Waals surface area (Å²) in [5, 5.41) is 2.98. The van der Waals surface area contributed by atoms with Crippen LogP contribution >= 0.6 is 0 Å². The third kappa shape index (κ3) is 2.68. The third-order valence-electron chi connectivity index (χ3n) is 2.55. The number of fused-ring (bicyclic) bond motifs is 1. The summed E-state index contributed by atoms with van der Waals surface area (Å²) in [6.07, 6.45) is -0.312. The molecule has 1 aliphatic heterocycles. The largest absolute Gasteiger partial charge is 0.486 e. The average molecular weight is 237 g/mol. The Balaban J connectivity index is 2.21. The molecule has 1 unspecified atom stereocenters. The summed E-state index contributed by atoms with van der Waals surface area (Å²) in [7, 11) is 1.80. The Kier molecular flexibility index (Phi) is 3.82. The molecule has 0 aromatic heterocycles. The number of nitrogens with one attached hydrogen (secondary N) is 1. The highest BCUT2D eigenvalue weighted by Crippen LogP contribution is 2.33. The topological polar surface area (TPSA) is 56.8 Å². The summed E-state index contributed by atoms with van der Waals surface area (Å²) >= 11 is 0. The van der Waals surface area contributed by atoms with Crippen LogP contribution in [-0.2, 0) is 9.53 Å². The van der Waals surface area contributed by atoms with E-state index in [0.29, 0.717) is 32.0 Å². The molecule has 1 aromatic rings. The van der Waals surface area contributed by atoms with E-state index in [1.165, 1.54) is 0 Å². The molecular weight excluding hydrogens is 222 g/mol. The highest BCUT2D eigenvalue weighted by atomic mass is 16.6. The van der Waals surface area contributed by atoms with E-state index in [4.69, 9.17) is 14.2 Å². The number of hydrogen-bond donors (Lipinski definition) is 1.